The van der Waals surface area contributed by atoms with Gasteiger partial charge in [-0.05, 0) is 44.0 Å². The molecular weight excluding hydrogens is 406 g/mol. The largest absolute Gasteiger partial charge is 0.342 e. The van der Waals surface area contributed by atoms with Crippen molar-refractivity contribution in [1.29, 1.82) is 0 Å². The highest BCUT2D eigenvalue weighted by molar-refractivity contribution is 7.99. The average Bonchev–Trinajstić information content (AvgIpc) is 2.98. The van der Waals surface area contributed by atoms with Gasteiger partial charge in [-0.3, -0.25) is 10.2 Å². The van der Waals surface area contributed by atoms with Crippen molar-refractivity contribution in [2.24, 2.45) is 4.99 Å². The van der Waals surface area contributed by atoms with Gasteiger partial charge in [-0.1, -0.05) is 48.4 Å². The van der Waals surface area contributed by atoms with Gasteiger partial charge in [0.1, 0.15) is 5.03 Å². The number of amides is 1. The summed E-state index contributed by atoms with van der Waals surface area (Å²) in [5, 5.41) is 2.94. The van der Waals surface area contributed by atoms with E-state index in [1.807, 2.05) is 29.3 Å². The van der Waals surface area contributed by atoms with E-state index in [0.717, 1.165) is 58.5 Å². The molecule has 7 heteroatoms. The molecule has 0 unspecified atom stereocenters. The third-order valence-electron chi connectivity index (χ3n) is 5.66. The Kier molecular flexibility index (Phi) is 5.61. The lowest BCUT2D eigenvalue weighted by Gasteiger charge is -2.21. The summed E-state index contributed by atoms with van der Waals surface area (Å²) in [5.74, 6) is -0.0806. The van der Waals surface area contributed by atoms with E-state index >= 15 is 0 Å². The van der Waals surface area contributed by atoms with Crippen LogP contribution < -0.4 is 5.43 Å². The second kappa shape index (κ2) is 8.69. The van der Waals surface area contributed by atoms with E-state index in [-0.39, 0.29) is 5.91 Å². The maximum absolute atomic E-state index is 12.9. The van der Waals surface area contributed by atoms with Crippen LogP contribution >= 0.6 is 11.8 Å². The number of imidazole rings is 1. The molecule has 0 saturated carbocycles. The summed E-state index contributed by atoms with van der Waals surface area (Å²) in [4.78, 5) is 26.7. The van der Waals surface area contributed by atoms with Gasteiger partial charge in [-0.25, -0.2) is 15.0 Å². The summed E-state index contributed by atoms with van der Waals surface area (Å²) < 4.78 is 0. The predicted molar refractivity (Wildman–Crippen MR) is 123 cm³/mol. The molecule has 2 aliphatic heterocycles. The van der Waals surface area contributed by atoms with Crippen molar-refractivity contribution >= 4 is 29.1 Å². The predicted octanol–water partition coefficient (Wildman–Crippen LogP) is 4.87. The maximum Gasteiger partial charge on any atom is 0.265 e. The SMILES string of the molecule is Cc1cccc(C2=Nc3cc(C(=O)NN4CCCCCC4)ccc3Sc3nc[nH]c32)c1. The zero-order chi connectivity index (χ0) is 21.2. The molecule has 5 rings (SSSR count). The Bertz CT molecular complexity index is 1140. The number of hydrogen-bond donors (Lipinski definition) is 2. The topological polar surface area (TPSA) is 73.4 Å². The molecule has 0 radical (unpaired) electrons. The molecular formula is C24H25N5OS. The maximum atomic E-state index is 12.9. The monoisotopic (exact) mass is 431 g/mol. The molecule has 0 bridgehead atoms. The van der Waals surface area contributed by atoms with Crippen LogP contribution in [0.2, 0.25) is 0 Å². The van der Waals surface area contributed by atoms with Crippen LogP contribution in [0.15, 0.2) is 63.7 Å². The molecule has 0 aliphatic carbocycles. The molecule has 0 spiro atoms. The Morgan fingerprint density at radius 2 is 1.94 bits per heavy atom. The van der Waals surface area contributed by atoms with Crippen LogP contribution in [0.5, 0.6) is 0 Å². The zero-order valence-electron chi connectivity index (χ0n) is 17.5. The number of nitrogens with one attached hydrogen (secondary N) is 2. The van der Waals surface area contributed by atoms with Gasteiger partial charge in [-0.15, -0.1) is 0 Å². The van der Waals surface area contributed by atoms with E-state index in [1.54, 1.807) is 18.1 Å². The van der Waals surface area contributed by atoms with Crippen LogP contribution in [0.1, 0.15) is 52.9 Å². The Morgan fingerprint density at radius 3 is 2.74 bits per heavy atom. The quantitative estimate of drug-likeness (QED) is 0.485. The smallest absolute Gasteiger partial charge is 0.265 e. The third kappa shape index (κ3) is 4.29. The van der Waals surface area contributed by atoms with Gasteiger partial charge in [0.25, 0.3) is 5.91 Å². The third-order valence-corrected chi connectivity index (χ3v) is 6.73. The van der Waals surface area contributed by atoms with Gasteiger partial charge in [-0.2, -0.15) is 0 Å². The highest BCUT2D eigenvalue weighted by Crippen LogP contribution is 2.40. The Morgan fingerprint density at radius 1 is 1.10 bits per heavy atom. The van der Waals surface area contributed by atoms with Crippen LogP contribution in [0.4, 0.5) is 5.69 Å². The molecule has 2 aliphatic rings. The summed E-state index contributed by atoms with van der Waals surface area (Å²) in [6, 6.07) is 14.0. The number of hydrogen-bond acceptors (Lipinski definition) is 5. The number of nitrogens with zero attached hydrogens (tertiary/aromatic N) is 3. The van der Waals surface area contributed by atoms with E-state index in [9.17, 15) is 4.79 Å². The Hall–Kier alpha value is -2.90. The minimum atomic E-state index is -0.0806. The molecule has 158 valence electrons. The van der Waals surface area contributed by atoms with E-state index < -0.39 is 0 Å². The van der Waals surface area contributed by atoms with Gasteiger partial charge in [0.15, 0.2) is 0 Å². The minimum Gasteiger partial charge on any atom is -0.342 e. The second-order valence-electron chi connectivity index (χ2n) is 8.04. The van der Waals surface area contributed by atoms with Gasteiger partial charge >= 0.3 is 0 Å². The molecule has 1 saturated heterocycles. The number of hydrazine groups is 1. The molecule has 2 N–H and O–H groups in total. The van der Waals surface area contributed by atoms with Crippen molar-refractivity contribution in [3.63, 3.8) is 0 Å². The van der Waals surface area contributed by atoms with Crippen molar-refractivity contribution in [3.05, 3.63) is 71.2 Å². The number of benzene rings is 2. The molecule has 3 heterocycles. The summed E-state index contributed by atoms with van der Waals surface area (Å²) in [6.07, 6.45) is 6.41. The molecule has 31 heavy (non-hydrogen) atoms. The van der Waals surface area contributed by atoms with E-state index in [4.69, 9.17) is 4.99 Å². The number of carbonyl (C=O) groups is 1. The van der Waals surface area contributed by atoms with Crippen molar-refractivity contribution in [2.75, 3.05) is 13.1 Å². The van der Waals surface area contributed by atoms with Gasteiger partial charge in [0.05, 0.1) is 23.4 Å². The van der Waals surface area contributed by atoms with Crippen molar-refractivity contribution in [2.45, 2.75) is 42.5 Å². The van der Waals surface area contributed by atoms with Crippen LogP contribution in [-0.2, 0) is 0 Å². The Balaban J connectivity index is 1.50. The van der Waals surface area contributed by atoms with Crippen molar-refractivity contribution in [3.8, 4) is 0 Å². The van der Waals surface area contributed by atoms with E-state index in [1.165, 1.54) is 18.4 Å². The zero-order valence-corrected chi connectivity index (χ0v) is 18.3. The fourth-order valence-corrected chi connectivity index (χ4v) is 4.95. The summed E-state index contributed by atoms with van der Waals surface area (Å²) in [7, 11) is 0. The number of aromatic nitrogens is 2. The molecule has 0 atom stereocenters. The normalized spacial score (nSPS) is 16.5. The lowest BCUT2D eigenvalue weighted by atomic mass is 10.0. The van der Waals surface area contributed by atoms with Crippen molar-refractivity contribution in [1.82, 2.24) is 20.4 Å². The first-order chi connectivity index (χ1) is 15.2. The number of rotatable bonds is 3. The second-order valence-corrected chi connectivity index (χ2v) is 9.07. The number of carbonyl (C=O) groups excluding carboxylic acids is 1. The van der Waals surface area contributed by atoms with E-state index in [0.29, 0.717) is 5.56 Å². The highest BCUT2D eigenvalue weighted by Gasteiger charge is 2.22. The fourth-order valence-electron chi connectivity index (χ4n) is 4.03. The van der Waals surface area contributed by atoms with Gasteiger partial charge < -0.3 is 4.98 Å². The molecule has 1 fully saturated rings. The number of aliphatic imine (C=N–C) groups is 1. The molecule has 1 aromatic heterocycles. The molecule has 2 aromatic carbocycles. The molecule has 1 amide bonds. The fraction of sp³-hybridized carbons (Fsp3) is 0.292. The molecule has 6 nitrogen and oxygen atoms in total. The first-order valence-corrected chi connectivity index (χ1v) is 11.6. The highest BCUT2D eigenvalue weighted by atomic mass is 32.2. The van der Waals surface area contributed by atoms with Crippen molar-refractivity contribution < 1.29 is 4.79 Å². The number of fused-ring (bicyclic) bond motifs is 2. The Labute approximate surface area is 186 Å². The van der Waals surface area contributed by atoms with E-state index in [2.05, 4.69) is 40.5 Å². The standard InChI is InChI=1S/C24H25N5OS/c1-16-7-6-8-17(13-16)21-22-24(26-15-25-22)31-20-10-9-18(14-19(20)27-21)23(30)28-29-11-4-2-3-5-12-29/h6-10,13-15H,2-5,11-12H2,1H3,(H,25,26)(H,28,30). The molecule has 3 aromatic rings. The first-order valence-electron chi connectivity index (χ1n) is 10.7. The number of H-pyrrole nitrogens is 1. The van der Waals surface area contributed by atoms with Gasteiger partial charge in [0, 0.05) is 29.1 Å². The van der Waals surface area contributed by atoms with Crippen LogP contribution in [0, 0.1) is 6.92 Å². The number of aryl methyl sites for hydroxylation is 1. The summed E-state index contributed by atoms with van der Waals surface area (Å²) in [6.45, 7) is 3.88. The summed E-state index contributed by atoms with van der Waals surface area (Å²) >= 11 is 1.57. The minimum absolute atomic E-state index is 0.0806. The number of aromatic amines is 1. The lowest BCUT2D eigenvalue weighted by molar-refractivity contribution is 0.0794. The van der Waals surface area contributed by atoms with Crippen LogP contribution in [-0.4, -0.2) is 39.7 Å². The summed E-state index contributed by atoms with van der Waals surface area (Å²) in [5.41, 5.74) is 8.43. The average molecular weight is 432 g/mol. The first kappa shape index (κ1) is 20.0. The van der Waals surface area contributed by atoms with Gasteiger partial charge in [0.2, 0.25) is 0 Å². The van der Waals surface area contributed by atoms with Crippen LogP contribution in [0.3, 0.4) is 0 Å². The van der Waals surface area contributed by atoms with Crippen LogP contribution in [0.25, 0.3) is 0 Å². The lowest BCUT2D eigenvalue weighted by Crippen LogP contribution is -2.42.